The molecule has 0 saturated carbocycles. The number of esters is 1. The number of H-pyrrole nitrogens is 1. The number of hydrogen-bond acceptors (Lipinski definition) is 6. The van der Waals surface area contributed by atoms with Gasteiger partial charge < -0.3 is 19.7 Å². The van der Waals surface area contributed by atoms with Crippen LogP contribution in [0.5, 0.6) is 5.88 Å². The van der Waals surface area contributed by atoms with Crippen molar-refractivity contribution in [1.29, 1.82) is 0 Å². The van der Waals surface area contributed by atoms with Crippen LogP contribution in [0.15, 0.2) is 71.7 Å². The van der Waals surface area contributed by atoms with E-state index in [0.29, 0.717) is 35.4 Å². The summed E-state index contributed by atoms with van der Waals surface area (Å²) >= 11 is 0. The number of carbonyl (C=O) groups is 2. The molecule has 4 aromatic rings. The molecule has 6 rings (SSSR count). The zero-order valence-electron chi connectivity index (χ0n) is 23.2. The predicted octanol–water partition coefficient (Wildman–Crippen LogP) is 5.59. The summed E-state index contributed by atoms with van der Waals surface area (Å²) in [4.78, 5) is 37.6. The summed E-state index contributed by atoms with van der Waals surface area (Å²) in [6, 6.07) is 20.9. The number of aromatic nitrogens is 1. The van der Waals surface area contributed by atoms with Crippen molar-refractivity contribution in [2.45, 2.75) is 32.6 Å². The largest absolute Gasteiger partial charge is 0.494 e. The molecule has 2 aliphatic heterocycles. The molecule has 1 amide bonds. The van der Waals surface area contributed by atoms with Crippen LogP contribution in [0.1, 0.15) is 53.2 Å². The lowest BCUT2D eigenvalue weighted by Gasteiger charge is -2.28. The lowest BCUT2D eigenvalue weighted by atomic mass is 10.00. The second-order valence-electron chi connectivity index (χ2n) is 10.6. The molecular formula is C33H34N4O4. The Balaban J connectivity index is 1.35. The summed E-state index contributed by atoms with van der Waals surface area (Å²) < 4.78 is 5.14. The fraction of sp³-hybridized carbons (Fsp3) is 0.303. The quantitative estimate of drug-likeness (QED) is 0.231. The van der Waals surface area contributed by atoms with Crippen LogP contribution in [0.3, 0.4) is 0 Å². The molecule has 3 aromatic carbocycles. The Morgan fingerprint density at radius 2 is 1.76 bits per heavy atom. The topological polar surface area (TPSA) is 98.2 Å². The van der Waals surface area contributed by atoms with Crippen molar-refractivity contribution in [2.75, 3.05) is 37.7 Å². The molecule has 8 nitrogen and oxygen atoms in total. The standard InChI is InChI=1S/C33H34N4O4/c1-2-41-33(40)24-11-13-26-27(20-24)35-32(39)30(26)31(22-9-5-3-6-10-22)34-25-12-14-28-23(19-25)15-18-37(28)29(38)21-36-16-7-4-8-17-36/h3,5-6,9-14,19-20,35,39H,2,4,7-8,15-18,21H2,1H3. The van der Waals surface area contributed by atoms with Crippen LogP contribution in [0.4, 0.5) is 11.4 Å². The first kappa shape index (κ1) is 26.8. The number of ether oxygens (including phenoxy) is 1. The number of nitrogens with zero attached hydrogens (tertiary/aromatic N) is 3. The molecule has 0 spiro atoms. The van der Waals surface area contributed by atoms with Crippen LogP contribution >= 0.6 is 0 Å². The van der Waals surface area contributed by atoms with Crippen LogP contribution in [0.2, 0.25) is 0 Å². The van der Waals surface area contributed by atoms with E-state index in [1.165, 1.54) is 6.42 Å². The van der Waals surface area contributed by atoms with Crippen molar-refractivity contribution in [3.8, 4) is 5.88 Å². The van der Waals surface area contributed by atoms with E-state index in [-0.39, 0.29) is 18.4 Å². The molecule has 0 aliphatic carbocycles. The number of rotatable bonds is 7. The molecule has 8 heteroatoms. The fourth-order valence-corrected chi connectivity index (χ4v) is 5.87. The minimum atomic E-state index is -0.413. The van der Waals surface area contributed by atoms with E-state index in [9.17, 15) is 14.7 Å². The van der Waals surface area contributed by atoms with E-state index >= 15 is 0 Å². The van der Waals surface area contributed by atoms with Crippen molar-refractivity contribution in [3.63, 3.8) is 0 Å². The summed E-state index contributed by atoms with van der Waals surface area (Å²) in [7, 11) is 0. The van der Waals surface area contributed by atoms with Crippen molar-refractivity contribution in [3.05, 3.63) is 89.0 Å². The van der Waals surface area contributed by atoms with Gasteiger partial charge in [-0.05, 0) is 75.2 Å². The van der Waals surface area contributed by atoms with Crippen LogP contribution in [-0.4, -0.2) is 65.4 Å². The van der Waals surface area contributed by atoms with Gasteiger partial charge in [0.2, 0.25) is 5.91 Å². The van der Waals surface area contributed by atoms with Crippen LogP contribution < -0.4 is 4.90 Å². The first-order valence-electron chi connectivity index (χ1n) is 14.3. The van der Waals surface area contributed by atoms with Gasteiger partial charge in [0, 0.05) is 28.7 Å². The normalized spacial score (nSPS) is 15.7. The highest BCUT2D eigenvalue weighted by molar-refractivity contribution is 6.22. The first-order chi connectivity index (χ1) is 20.0. The van der Waals surface area contributed by atoms with Gasteiger partial charge in [0.15, 0.2) is 5.88 Å². The Bertz CT molecular complexity index is 1620. The number of aliphatic imine (C=N–C) groups is 1. The third-order valence-corrected chi connectivity index (χ3v) is 7.88. The molecule has 1 saturated heterocycles. The fourth-order valence-electron chi connectivity index (χ4n) is 5.87. The number of carbonyl (C=O) groups excluding carboxylic acids is 2. The number of amides is 1. The summed E-state index contributed by atoms with van der Waals surface area (Å²) in [5.41, 5.74) is 5.81. The second kappa shape index (κ2) is 11.6. The average Bonchev–Trinajstić information content (AvgIpc) is 3.56. The Hall–Kier alpha value is -4.43. The van der Waals surface area contributed by atoms with Gasteiger partial charge in [-0.15, -0.1) is 0 Å². The molecule has 0 radical (unpaired) electrons. The number of anilines is 1. The minimum absolute atomic E-state index is 0.0285. The van der Waals surface area contributed by atoms with Crippen LogP contribution in [-0.2, 0) is 16.0 Å². The SMILES string of the molecule is CCOC(=O)c1ccc2c(C(=Nc3ccc4c(c3)CCN4C(=O)CN3CCCCC3)c3ccccc3)c(O)[nH]c2c1. The number of piperidine rings is 1. The van der Waals surface area contributed by atoms with Gasteiger partial charge in [0.1, 0.15) is 0 Å². The molecule has 0 unspecified atom stereocenters. The van der Waals surface area contributed by atoms with Crippen molar-refractivity contribution >= 4 is 39.9 Å². The third-order valence-electron chi connectivity index (χ3n) is 7.88. The average molecular weight is 551 g/mol. The summed E-state index contributed by atoms with van der Waals surface area (Å²) in [6.45, 7) is 5.18. The Morgan fingerprint density at radius 3 is 2.54 bits per heavy atom. The predicted molar refractivity (Wildman–Crippen MR) is 160 cm³/mol. The molecule has 0 atom stereocenters. The minimum Gasteiger partial charge on any atom is -0.494 e. The molecular weight excluding hydrogens is 516 g/mol. The van der Waals surface area contributed by atoms with Crippen molar-refractivity contribution in [2.24, 2.45) is 4.99 Å². The smallest absolute Gasteiger partial charge is 0.338 e. The maximum atomic E-state index is 13.1. The number of nitrogens with one attached hydrogen (secondary N) is 1. The Labute approximate surface area is 239 Å². The molecule has 1 aromatic heterocycles. The van der Waals surface area contributed by atoms with Gasteiger partial charge in [-0.1, -0.05) is 42.8 Å². The van der Waals surface area contributed by atoms with E-state index < -0.39 is 5.97 Å². The number of likely N-dealkylation sites (tertiary alicyclic amines) is 1. The molecule has 2 N–H and O–H groups in total. The zero-order valence-corrected chi connectivity index (χ0v) is 23.2. The Kier molecular flexibility index (Phi) is 7.57. The second-order valence-corrected chi connectivity index (χ2v) is 10.6. The number of hydrogen-bond donors (Lipinski definition) is 2. The van der Waals surface area contributed by atoms with Crippen molar-refractivity contribution < 1.29 is 19.4 Å². The maximum absolute atomic E-state index is 13.1. The summed E-state index contributed by atoms with van der Waals surface area (Å²) in [5, 5.41) is 11.8. The molecule has 210 valence electrons. The third kappa shape index (κ3) is 5.47. The highest BCUT2D eigenvalue weighted by Crippen LogP contribution is 2.35. The lowest BCUT2D eigenvalue weighted by molar-refractivity contribution is -0.119. The number of aromatic amines is 1. The van der Waals surface area contributed by atoms with Gasteiger partial charge >= 0.3 is 5.97 Å². The lowest BCUT2D eigenvalue weighted by Crippen LogP contribution is -2.41. The zero-order chi connectivity index (χ0) is 28.3. The summed E-state index contributed by atoms with van der Waals surface area (Å²) in [5.74, 6) is -0.291. The van der Waals surface area contributed by atoms with Gasteiger partial charge in [-0.25, -0.2) is 9.79 Å². The van der Waals surface area contributed by atoms with E-state index in [1.807, 2.05) is 53.4 Å². The monoisotopic (exact) mass is 550 g/mol. The Morgan fingerprint density at radius 1 is 0.951 bits per heavy atom. The van der Waals surface area contributed by atoms with Crippen molar-refractivity contribution in [1.82, 2.24) is 9.88 Å². The number of fused-ring (bicyclic) bond motifs is 2. The van der Waals surface area contributed by atoms with Gasteiger partial charge in [-0.3, -0.25) is 9.69 Å². The van der Waals surface area contributed by atoms with E-state index in [1.54, 1.807) is 25.1 Å². The first-order valence-corrected chi connectivity index (χ1v) is 14.3. The van der Waals surface area contributed by atoms with E-state index in [4.69, 9.17) is 9.73 Å². The van der Waals surface area contributed by atoms with Gasteiger partial charge in [-0.2, -0.15) is 0 Å². The maximum Gasteiger partial charge on any atom is 0.338 e. The number of aromatic hydroxyl groups is 1. The van der Waals surface area contributed by atoms with E-state index in [2.05, 4.69) is 9.88 Å². The molecule has 2 aliphatic rings. The highest BCUT2D eigenvalue weighted by Gasteiger charge is 2.27. The molecule has 41 heavy (non-hydrogen) atoms. The molecule has 0 bridgehead atoms. The molecule has 1 fully saturated rings. The molecule has 3 heterocycles. The summed E-state index contributed by atoms with van der Waals surface area (Å²) in [6.07, 6.45) is 4.34. The van der Waals surface area contributed by atoms with E-state index in [0.717, 1.165) is 60.2 Å². The van der Waals surface area contributed by atoms with Gasteiger partial charge in [0.05, 0.1) is 35.7 Å². The van der Waals surface area contributed by atoms with Crippen LogP contribution in [0, 0.1) is 0 Å². The van der Waals surface area contributed by atoms with Gasteiger partial charge in [0.25, 0.3) is 0 Å². The number of benzene rings is 3. The highest BCUT2D eigenvalue weighted by atomic mass is 16.5. The van der Waals surface area contributed by atoms with Crippen LogP contribution in [0.25, 0.3) is 10.9 Å².